The van der Waals surface area contributed by atoms with E-state index in [4.69, 9.17) is 4.74 Å². The van der Waals surface area contributed by atoms with E-state index in [1.807, 2.05) is 4.90 Å². The molecule has 0 saturated carbocycles. The van der Waals surface area contributed by atoms with Gasteiger partial charge in [-0.05, 0) is 53.2 Å². The van der Waals surface area contributed by atoms with Crippen molar-refractivity contribution in [3.8, 4) is 0 Å². The molecule has 39 heavy (non-hydrogen) atoms. The Bertz CT molecular complexity index is 1480. The van der Waals surface area contributed by atoms with Crippen LogP contribution in [0.5, 0.6) is 0 Å². The second-order valence-electron chi connectivity index (χ2n) is 8.92. The lowest BCUT2D eigenvalue weighted by atomic mass is 10.0. The quantitative estimate of drug-likeness (QED) is 0.359. The number of amidine groups is 1. The first-order valence-electron chi connectivity index (χ1n) is 11.7. The van der Waals surface area contributed by atoms with Crippen LogP contribution in [0.3, 0.4) is 0 Å². The SMILES string of the molecule is O=C1N=C(N2CCO[C@@H](CO)C2)SC1=Cc1ccc2c(cnn2Cc2ccc(C(F)(F)F)cc2C(F)(F)F)c1. The van der Waals surface area contributed by atoms with Crippen LogP contribution in [-0.2, 0) is 28.4 Å². The van der Waals surface area contributed by atoms with Gasteiger partial charge in [-0.25, -0.2) is 0 Å². The van der Waals surface area contributed by atoms with Crippen molar-refractivity contribution < 1.29 is 41.0 Å². The van der Waals surface area contributed by atoms with Gasteiger partial charge in [-0.3, -0.25) is 9.48 Å². The molecule has 3 aromatic rings. The first-order valence-corrected chi connectivity index (χ1v) is 12.5. The number of rotatable bonds is 4. The number of hydrogen-bond donors (Lipinski definition) is 1. The number of halogens is 6. The predicted octanol–water partition coefficient (Wildman–Crippen LogP) is 4.79. The maximum Gasteiger partial charge on any atom is 0.416 e. The number of morpholine rings is 1. The van der Waals surface area contributed by atoms with Crippen molar-refractivity contribution in [3.63, 3.8) is 0 Å². The molecule has 0 bridgehead atoms. The number of aliphatic hydroxyl groups is 1. The Labute approximate surface area is 221 Å². The number of aliphatic imine (C=N–C) groups is 1. The third kappa shape index (κ3) is 5.82. The van der Waals surface area contributed by atoms with Crippen LogP contribution in [0.15, 0.2) is 52.5 Å². The minimum Gasteiger partial charge on any atom is -0.394 e. The monoisotopic (exact) mass is 570 g/mol. The lowest BCUT2D eigenvalue weighted by molar-refractivity contribution is -0.143. The van der Waals surface area contributed by atoms with E-state index in [2.05, 4.69) is 10.1 Å². The summed E-state index contributed by atoms with van der Waals surface area (Å²) in [4.78, 5) is 18.8. The molecule has 0 aliphatic carbocycles. The van der Waals surface area contributed by atoms with E-state index >= 15 is 0 Å². The lowest BCUT2D eigenvalue weighted by Crippen LogP contribution is -2.45. The Morgan fingerprint density at radius 2 is 1.90 bits per heavy atom. The number of amides is 1. The van der Waals surface area contributed by atoms with Crippen molar-refractivity contribution in [3.05, 3.63) is 69.8 Å². The summed E-state index contributed by atoms with van der Waals surface area (Å²) in [5.41, 5.74) is -2.00. The third-order valence-electron chi connectivity index (χ3n) is 6.25. The van der Waals surface area contributed by atoms with Crippen LogP contribution < -0.4 is 0 Å². The number of aliphatic hydroxyl groups excluding tert-OH is 1. The lowest BCUT2D eigenvalue weighted by Gasteiger charge is -2.32. The predicted molar refractivity (Wildman–Crippen MR) is 132 cm³/mol. The second kappa shape index (κ2) is 10.3. The van der Waals surface area contributed by atoms with Gasteiger partial charge in [0.1, 0.15) is 0 Å². The number of hydrogen-bond acceptors (Lipinski definition) is 6. The van der Waals surface area contributed by atoms with Crippen LogP contribution in [0, 0.1) is 0 Å². The van der Waals surface area contributed by atoms with Gasteiger partial charge in [0.25, 0.3) is 5.91 Å². The number of thioether (sulfide) groups is 1. The second-order valence-corrected chi connectivity index (χ2v) is 9.93. The molecule has 2 aliphatic heterocycles. The van der Waals surface area contributed by atoms with Crippen molar-refractivity contribution in [2.24, 2.45) is 4.99 Å². The summed E-state index contributed by atoms with van der Waals surface area (Å²) < 4.78 is 86.3. The molecule has 5 rings (SSSR count). The molecule has 0 spiro atoms. The summed E-state index contributed by atoms with van der Waals surface area (Å²) in [6, 6.07) is 6.52. The molecule has 1 fully saturated rings. The molecule has 2 aliphatic rings. The molecule has 2 aromatic carbocycles. The average Bonchev–Trinajstić information content (AvgIpc) is 3.45. The van der Waals surface area contributed by atoms with Crippen molar-refractivity contribution in [1.29, 1.82) is 0 Å². The van der Waals surface area contributed by atoms with E-state index < -0.39 is 35.9 Å². The highest BCUT2D eigenvalue weighted by molar-refractivity contribution is 8.18. The smallest absolute Gasteiger partial charge is 0.394 e. The minimum absolute atomic E-state index is 0.110. The van der Waals surface area contributed by atoms with Crippen molar-refractivity contribution >= 4 is 39.8 Å². The maximum atomic E-state index is 13.6. The summed E-state index contributed by atoms with van der Waals surface area (Å²) in [5, 5.41) is 14.6. The Morgan fingerprint density at radius 3 is 2.62 bits per heavy atom. The molecule has 1 N–H and O–H groups in total. The zero-order valence-corrected chi connectivity index (χ0v) is 20.8. The Kier molecular flexibility index (Phi) is 7.20. The average molecular weight is 571 g/mol. The molecule has 14 heteroatoms. The van der Waals surface area contributed by atoms with Crippen molar-refractivity contribution in [2.45, 2.75) is 25.0 Å². The fourth-order valence-corrected chi connectivity index (χ4v) is 5.27. The van der Waals surface area contributed by atoms with Gasteiger partial charge in [0.2, 0.25) is 0 Å². The number of alkyl halides is 6. The molecule has 1 amide bonds. The number of ether oxygens (including phenoxy) is 1. The fourth-order valence-electron chi connectivity index (χ4n) is 4.33. The zero-order chi connectivity index (χ0) is 27.9. The molecule has 0 radical (unpaired) electrons. The minimum atomic E-state index is -4.98. The highest BCUT2D eigenvalue weighted by Gasteiger charge is 2.38. The summed E-state index contributed by atoms with van der Waals surface area (Å²) in [7, 11) is 0. The number of benzene rings is 2. The van der Waals surface area contributed by atoms with E-state index in [1.165, 1.54) is 22.6 Å². The number of carbonyl (C=O) groups is 1. The molecule has 3 heterocycles. The number of nitrogens with zero attached hydrogens (tertiary/aromatic N) is 4. The number of aromatic nitrogens is 2. The van der Waals surface area contributed by atoms with Crippen molar-refractivity contribution in [2.75, 3.05) is 26.3 Å². The van der Waals surface area contributed by atoms with Crippen LogP contribution in [0.4, 0.5) is 26.3 Å². The molecule has 1 saturated heterocycles. The topological polar surface area (TPSA) is 80.0 Å². The van der Waals surface area contributed by atoms with Gasteiger partial charge in [0, 0.05) is 18.5 Å². The highest BCUT2D eigenvalue weighted by Crippen LogP contribution is 2.38. The van der Waals surface area contributed by atoms with Crippen LogP contribution >= 0.6 is 11.8 Å². The molecule has 206 valence electrons. The normalized spacial score (nSPS) is 19.8. The molecule has 7 nitrogen and oxygen atoms in total. The van der Waals surface area contributed by atoms with E-state index in [0.29, 0.717) is 52.3 Å². The molecule has 1 atom stereocenters. The molecule has 0 unspecified atom stereocenters. The largest absolute Gasteiger partial charge is 0.416 e. The fraction of sp³-hybridized carbons (Fsp3) is 0.320. The van der Waals surface area contributed by atoms with Gasteiger partial charge >= 0.3 is 12.4 Å². The van der Waals surface area contributed by atoms with Gasteiger partial charge < -0.3 is 14.7 Å². The summed E-state index contributed by atoms with van der Waals surface area (Å²) >= 11 is 1.19. The van der Waals surface area contributed by atoms with Gasteiger partial charge in [-0.15, -0.1) is 0 Å². The zero-order valence-electron chi connectivity index (χ0n) is 20.0. The Morgan fingerprint density at radius 1 is 1.10 bits per heavy atom. The van der Waals surface area contributed by atoms with E-state index in [9.17, 15) is 36.2 Å². The van der Waals surface area contributed by atoms with E-state index in [1.54, 1.807) is 24.3 Å². The van der Waals surface area contributed by atoms with Crippen molar-refractivity contribution in [1.82, 2.24) is 14.7 Å². The number of fused-ring (bicyclic) bond motifs is 1. The summed E-state index contributed by atoms with van der Waals surface area (Å²) in [6.07, 6.45) is -7.17. The summed E-state index contributed by atoms with van der Waals surface area (Å²) in [5.74, 6) is -0.417. The molecular formula is C25H20F6N4O3S. The Balaban J connectivity index is 1.36. The molecule has 1 aromatic heterocycles. The van der Waals surface area contributed by atoms with Gasteiger partial charge in [-0.1, -0.05) is 12.1 Å². The first-order chi connectivity index (χ1) is 18.4. The number of carbonyl (C=O) groups excluding carboxylic acids is 1. The maximum absolute atomic E-state index is 13.6. The van der Waals surface area contributed by atoms with E-state index in [-0.39, 0.29) is 24.3 Å². The third-order valence-corrected chi connectivity index (χ3v) is 7.29. The van der Waals surface area contributed by atoms with Crippen LogP contribution in [0.1, 0.15) is 22.3 Å². The standard InChI is InChI=1S/C25H20F6N4O3S/c26-24(27,28)17-3-2-15(19(9-17)25(29,30)31)11-35-20-4-1-14(7-16(20)10-32-35)8-21-22(37)33-23(39-21)34-5-6-38-18(12-34)13-36/h1-4,7-10,18,36H,5-6,11-13H2/t18-/m1/s1. The van der Waals surface area contributed by atoms with Crippen LogP contribution in [0.2, 0.25) is 0 Å². The van der Waals surface area contributed by atoms with Gasteiger partial charge in [0.05, 0.1) is 53.6 Å². The van der Waals surface area contributed by atoms with Gasteiger partial charge in [-0.2, -0.15) is 36.4 Å². The summed E-state index contributed by atoms with van der Waals surface area (Å²) in [6.45, 7) is 0.799. The van der Waals surface area contributed by atoms with Gasteiger partial charge in [0.15, 0.2) is 5.17 Å². The molecular weight excluding hydrogens is 550 g/mol. The first kappa shape index (κ1) is 27.2. The van der Waals surface area contributed by atoms with Crippen LogP contribution in [-0.4, -0.2) is 63.3 Å². The van der Waals surface area contributed by atoms with Crippen LogP contribution in [0.25, 0.3) is 17.0 Å². The highest BCUT2D eigenvalue weighted by atomic mass is 32.2. The van der Waals surface area contributed by atoms with E-state index in [0.717, 1.165) is 6.07 Å². The Hall–Kier alpha value is -3.36.